The van der Waals surface area contributed by atoms with Gasteiger partial charge in [0.1, 0.15) is 0 Å². The molecule has 2 N–H and O–H groups in total. The van der Waals surface area contributed by atoms with Gasteiger partial charge >= 0.3 is 0 Å². The highest BCUT2D eigenvalue weighted by Crippen LogP contribution is 2.39. The Bertz CT molecular complexity index is 905. The van der Waals surface area contributed by atoms with E-state index in [1.54, 1.807) is 6.07 Å². The van der Waals surface area contributed by atoms with Gasteiger partial charge in [-0.3, -0.25) is 9.59 Å². The number of hydrogen-bond acceptors (Lipinski definition) is 2. The van der Waals surface area contributed by atoms with Gasteiger partial charge in [0.25, 0.3) is 5.56 Å². The van der Waals surface area contributed by atoms with Crippen molar-refractivity contribution in [1.29, 1.82) is 0 Å². The number of rotatable bonds is 5. The summed E-state index contributed by atoms with van der Waals surface area (Å²) in [5, 5.41) is 4.00. The van der Waals surface area contributed by atoms with Crippen LogP contribution in [0, 0.1) is 0 Å². The first-order valence-corrected chi connectivity index (χ1v) is 9.74. The van der Waals surface area contributed by atoms with E-state index in [1.807, 2.05) is 24.3 Å². The van der Waals surface area contributed by atoms with Crippen molar-refractivity contribution in [3.8, 4) is 0 Å². The summed E-state index contributed by atoms with van der Waals surface area (Å²) in [5.74, 6) is 0.430. The number of carbonyl (C=O) groups excluding carboxylic acids is 1. The number of aromatic nitrogens is 1. The predicted molar refractivity (Wildman–Crippen MR) is 103 cm³/mol. The quantitative estimate of drug-likeness (QED) is 0.796. The summed E-state index contributed by atoms with van der Waals surface area (Å²) in [6.45, 7) is 0. The van der Waals surface area contributed by atoms with Crippen LogP contribution in [0.2, 0.25) is 10.0 Å². The Labute approximate surface area is 161 Å². The lowest BCUT2D eigenvalue weighted by Crippen LogP contribution is -2.28. The maximum Gasteiger partial charge on any atom is 0.251 e. The third kappa shape index (κ3) is 3.67. The van der Waals surface area contributed by atoms with Crippen molar-refractivity contribution in [2.24, 2.45) is 0 Å². The van der Waals surface area contributed by atoms with Crippen LogP contribution in [0.25, 0.3) is 0 Å². The number of amides is 1. The lowest BCUT2D eigenvalue weighted by atomic mass is 9.88. The highest BCUT2D eigenvalue weighted by Gasteiger charge is 2.29. The van der Waals surface area contributed by atoms with Crippen molar-refractivity contribution in [1.82, 2.24) is 10.3 Å². The van der Waals surface area contributed by atoms with Crippen LogP contribution in [-0.2, 0) is 4.79 Å². The Morgan fingerprint density at radius 1 is 1.04 bits per heavy atom. The van der Waals surface area contributed by atoms with Crippen LogP contribution < -0.4 is 10.9 Å². The molecule has 4 nitrogen and oxygen atoms in total. The van der Waals surface area contributed by atoms with Crippen molar-refractivity contribution in [3.63, 3.8) is 0 Å². The molecule has 1 aliphatic heterocycles. The van der Waals surface area contributed by atoms with E-state index >= 15 is 0 Å². The van der Waals surface area contributed by atoms with Gasteiger partial charge in [0.2, 0.25) is 5.91 Å². The van der Waals surface area contributed by atoms with E-state index in [0.29, 0.717) is 28.8 Å². The third-order valence-corrected chi connectivity index (χ3v) is 6.05. The zero-order valence-corrected chi connectivity index (χ0v) is 15.7. The minimum atomic E-state index is -0.0610. The molecule has 26 heavy (non-hydrogen) atoms. The number of benzene rings is 1. The molecule has 1 saturated heterocycles. The number of H-pyrrole nitrogens is 1. The van der Waals surface area contributed by atoms with Crippen molar-refractivity contribution in [2.45, 2.75) is 50.0 Å². The summed E-state index contributed by atoms with van der Waals surface area (Å²) in [5.41, 5.74) is 2.69. The summed E-state index contributed by atoms with van der Waals surface area (Å²) < 4.78 is 0. The summed E-state index contributed by atoms with van der Waals surface area (Å²) in [6.07, 6.45) is 4.25. The summed E-state index contributed by atoms with van der Waals surface area (Å²) in [7, 11) is 0. The molecule has 136 valence electrons. The average molecular weight is 391 g/mol. The molecule has 0 radical (unpaired) electrons. The van der Waals surface area contributed by atoms with Crippen molar-refractivity contribution >= 4 is 29.1 Å². The third-order valence-electron chi connectivity index (χ3n) is 5.31. The van der Waals surface area contributed by atoms with Gasteiger partial charge in [0.15, 0.2) is 0 Å². The fourth-order valence-corrected chi connectivity index (χ4v) is 4.04. The number of halogens is 2. The Hall–Kier alpha value is -1.78. The normalized spacial score (nSPS) is 20.8. The minimum absolute atomic E-state index is 0.00878. The molecule has 1 saturated carbocycles. The van der Waals surface area contributed by atoms with E-state index in [2.05, 4.69) is 10.3 Å². The Morgan fingerprint density at radius 3 is 2.46 bits per heavy atom. The van der Waals surface area contributed by atoms with Gasteiger partial charge in [0, 0.05) is 29.6 Å². The first-order chi connectivity index (χ1) is 12.5. The lowest BCUT2D eigenvalue weighted by molar-refractivity contribution is -0.119. The summed E-state index contributed by atoms with van der Waals surface area (Å²) in [6, 6.07) is 9.59. The monoisotopic (exact) mass is 390 g/mol. The standard InChI is InChI=1S/C20H20Cl2N2O2/c21-16-6-3-12(9-17(16)22)15(10-13-4-8-19(25)23-13)18-7-5-14(11-1-2-11)20(26)24-18/h3,5-7,9,11,13,15H,1-2,4,8,10H2,(H,23,25)(H,24,26)/t13-,15-/m1/s1. The van der Waals surface area contributed by atoms with Crippen LogP contribution in [-0.4, -0.2) is 16.9 Å². The number of hydrogen-bond donors (Lipinski definition) is 2. The van der Waals surface area contributed by atoms with Gasteiger partial charge in [-0.15, -0.1) is 0 Å². The number of pyridine rings is 1. The number of carbonyl (C=O) groups is 1. The first-order valence-electron chi connectivity index (χ1n) is 8.98. The molecule has 2 atom stereocenters. The highest BCUT2D eigenvalue weighted by molar-refractivity contribution is 6.42. The largest absolute Gasteiger partial charge is 0.353 e. The molecule has 4 rings (SSSR count). The number of aromatic amines is 1. The SMILES string of the molecule is O=C1CC[C@H](C[C@H](c2ccc(Cl)c(Cl)c2)c2ccc(C3CC3)c(=O)[nH]2)N1. The second kappa shape index (κ2) is 7.09. The van der Waals surface area contributed by atoms with Crippen molar-refractivity contribution in [3.05, 3.63) is 67.6 Å². The van der Waals surface area contributed by atoms with Crippen LogP contribution >= 0.6 is 23.2 Å². The van der Waals surface area contributed by atoms with E-state index in [0.717, 1.165) is 36.1 Å². The lowest BCUT2D eigenvalue weighted by Gasteiger charge is -2.22. The molecule has 2 aromatic rings. The van der Waals surface area contributed by atoms with Gasteiger partial charge in [-0.1, -0.05) is 35.3 Å². The molecule has 1 amide bonds. The summed E-state index contributed by atoms with van der Waals surface area (Å²) >= 11 is 12.3. The highest BCUT2D eigenvalue weighted by atomic mass is 35.5. The first kappa shape index (κ1) is 17.6. The molecular weight excluding hydrogens is 371 g/mol. The van der Waals surface area contributed by atoms with Crippen molar-refractivity contribution < 1.29 is 4.79 Å². The molecule has 1 aromatic carbocycles. The van der Waals surface area contributed by atoms with E-state index in [4.69, 9.17) is 23.2 Å². The summed E-state index contributed by atoms with van der Waals surface area (Å²) in [4.78, 5) is 27.1. The fraction of sp³-hybridized carbons (Fsp3) is 0.400. The van der Waals surface area contributed by atoms with Gasteiger partial charge < -0.3 is 10.3 Å². The molecule has 2 heterocycles. The van der Waals surface area contributed by atoms with Gasteiger partial charge in [-0.05, 0) is 55.4 Å². The molecule has 0 spiro atoms. The Morgan fingerprint density at radius 2 is 1.85 bits per heavy atom. The smallest absolute Gasteiger partial charge is 0.251 e. The molecule has 6 heteroatoms. The van der Waals surface area contributed by atoms with Crippen LogP contribution in [0.5, 0.6) is 0 Å². The van der Waals surface area contributed by atoms with E-state index < -0.39 is 0 Å². The molecule has 1 aromatic heterocycles. The van der Waals surface area contributed by atoms with E-state index in [9.17, 15) is 9.59 Å². The van der Waals surface area contributed by atoms with Gasteiger partial charge in [-0.2, -0.15) is 0 Å². The van der Waals surface area contributed by atoms with Crippen LogP contribution in [0.15, 0.2) is 35.1 Å². The molecule has 2 aliphatic rings. The van der Waals surface area contributed by atoms with Crippen LogP contribution in [0.4, 0.5) is 0 Å². The Balaban J connectivity index is 1.69. The van der Waals surface area contributed by atoms with Gasteiger partial charge in [-0.25, -0.2) is 0 Å². The second-order valence-corrected chi connectivity index (χ2v) is 8.05. The van der Waals surface area contributed by atoms with Crippen LogP contribution in [0.1, 0.15) is 60.8 Å². The predicted octanol–water partition coefficient (Wildman–Crippen LogP) is 4.36. The molecular formula is C20H20Cl2N2O2. The van der Waals surface area contributed by atoms with E-state index in [-0.39, 0.29) is 23.4 Å². The van der Waals surface area contributed by atoms with E-state index in [1.165, 1.54) is 0 Å². The topological polar surface area (TPSA) is 62.0 Å². The Kier molecular flexibility index (Phi) is 4.80. The number of nitrogens with one attached hydrogen (secondary N) is 2. The maximum atomic E-state index is 12.5. The van der Waals surface area contributed by atoms with Gasteiger partial charge in [0.05, 0.1) is 10.0 Å². The molecule has 2 fully saturated rings. The zero-order chi connectivity index (χ0) is 18.3. The zero-order valence-electron chi connectivity index (χ0n) is 14.2. The van der Waals surface area contributed by atoms with Crippen LogP contribution in [0.3, 0.4) is 0 Å². The maximum absolute atomic E-state index is 12.5. The molecule has 1 aliphatic carbocycles. The second-order valence-electron chi connectivity index (χ2n) is 7.24. The fourth-order valence-electron chi connectivity index (χ4n) is 3.73. The molecule has 0 bridgehead atoms. The average Bonchev–Trinajstić information content (AvgIpc) is 3.37. The van der Waals surface area contributed by atoms with Crippen molar-refractivity contribution in [2.75, 3.05) is 0 Å². The molecule has 0 unspecified atom stereocenters. The minimum Gasteiger partial charge on any atom is -0.353 e.